The summed E-state index contributed by atoms with van der Waals surface area (Å²) in [6.45, 7) is 1.85. The first-order valence-corrected chi connectivity index (χ1v) is 10.5. The molecule has 0 saturated carbocycles. The lowest BCUT2D eigenvalue weighted by atomic mass is 10.1. The highest BCUT2D eigenvalue weighted by atomic mass is 32.1. The maximum atomic E-state index is 12.6. The van der Waals surface area contributed by atoms with Gasteiger partial charge in [-0.2, -0.15) is 0 Å². The number of nitrogens with one attached hydrogen (secondary N) is 1. The Morgan fingerprint density at radius 3 is 2.42 bits per heavy atom. The third-order valence-corrected chi connectivity index (χ3v) is 5.69. The van der Waals surface area contributed by atoms with E-state index in [2.05, 4.69) is 10.3 Å². The number of benzene rings is 3. The van der Waals surface area contributed by atoms with Crippen molar-refractivity contribution in [1.29, 1.82) is 0 Å². The van der Waals surface area contributed by atoms with Crippen LogP contribution >= 0.6 is 11.3 Å². The van der Waals surface area contributed by atoms with Crippen LogP contribution in [-0.4, -0.2) is 30.5 Å². The zero-order chi connectivity index (χ0) is 21.8. The van der Waals surface area contributed by atoms with E-state index in [0.717, 1.165) is 21.5 Å². The SMILES string of the molecule is Cc1ccc(C(=O)N(C)c2ccc(OCC(=O)Nc3nc4ccccc4s3)cc2)cc1. The lowest BCUT2D eigenvalue weighted by Gasteiger charge is -2.18. The molecule has 1 N–H and O–H groups in total. The van der Waals surface area contributed by atoms with Crippen LogP contribution in [0.2, 0.25) is 0 Å². The molecule has 31 heavy (non-hydrogen) atoms. The Bertz CT molecular complexity index is 1180. The summed E-state index contributed by atoms with van der Waals surface area (Å²) in [5.74, 6) is 0.165. The minimum atomic E-state index is -0.283. The Hall–Kier alpha value is -3.71. The van der Waals surface area contributed by atoms with E-state index < -0.39 is 0 Å². The number of amides is 2. The molecule has 7 heteroatoms. The van der Waals surface area contributed by atoms with E-state index in [1.165, 1.54) is 11.3 Å². The number of aromatic nitrogens is 1. The van der Waals surface area contributed by atoms with Crippen molar-refractivity contribution in [3.05, 3.63) is 83.9 Å². The van der Waals surface area contributed by atoms with Gasteiger partial charge in [0, 0.05) is 18.3 Å². The molecule has 1 aromatic heterocycles. The van der Waals surface area contributed by atoms with Gasteiger partial charge in [-0.25, -0.2) is 4.98 Å². The number of thiazole rings is 1. The molecular weight excluding hydrogens is 410 g/mol. The van der Waals surface area contributed by atoms with Crippen LogP contribution < -0.4 is 15.0 Å². The molecule has 0 aliphatic rings. The van der Waals surface area contributed by atoms with Gasteiger partial charge < -0.3 is 9.64 Å². The molecule has 4 rings (SSSR count). The number of hydrogen-bond acceptors (Lipinski definition) is 5. The van der Waals surface area contributed by atoms with Gasteiger partial charge in [0.05, 0.1) is 10.2 Å². The summed E-state index contributed by atoms with van der Waals surface area (Å²) in [5, 5.41) is 3.30. The number of anilines is 2. The molecule has 0 aliphatic heterocycles. The molecule has 0 aliphatic carbocycles. The second-order valence-electron chi connectivity index (χ2n) is 7.05. The molecule has 0 saturated heterocycles. The first-order valence-electron chi connectivity index (χ1n) is 9.72. The Labute approximate surface area is 184 Å². The zero-order valence-electron chi connectivity index (χ0n) is 17.2. The third-order valence-electron chi connectivity index (χ3n) is 4.74. The van der Waals surface area contributed by atoms with Gasteiger partial charge in [-0.05, 0) is 55.5 Å². The Morgan fingerprint density at radius 1 is 1.00 bits per heavy atom. The summed E-state index contributed by atoms with van der Waals surface area (Å²) in [6, 6.07) is 22.2. The molecule has 4 aromatic rings. The number of aryl methyl sites for hydroxylation is 1. The molecule has 0 fully saturated rings. The molecule has 0 spiro atoms. The van der Waals surface area contributed by atoms with Gasteiger partial charge in [-0.1, -0.05) is 41.2 Å². The summed E-state index contributed by atoms with van der Waals surface area (Å²) in [6.07, 6.45) is 0. The van der Waals surface area contributed by atoms with Crippen LogP contribution in [0.1, 0.15) is 15.9 Å². The van der Waals surface area contributed by atoms with Crippen molar-refractivity contribution in [2.24, 2.45) is 0 Å². The minimum absolute atomic E-state index is 0.0936. The smallest absolute Gasteiger partial charge is 0.264 e. The van der Waals surface area contributed by atoms with Gasteiger partial charge in [0.15, 0.2) is 11.7 Å². The predicted molar refractivity (Wildman–Crippen MR) is 124 cm³/mol. The van der Waals surface area contributed by atoms with Gasteiger partial charge >= 0.3 is 0 Å². The highest BCUT2D eigenvalue weighted by Gasteiger charge is 2.14. The van der Waals surface area contributed by atoms with E-state index in [-0.39, 0.29) is 18.4 Å². The fraction of sp³-hybridized carbons (Fsp3) is 0.125. The number of para-hydroxylation sites is 1. The van der Waals surface area contributed by atoms with Crippen LogP contribution in [0.15, 0.2) is 72.8 Å². The van der Waals surface area contributed by atoms with Crippen LogP contribution in [-0.2, 0) is 4.79 Å². The van der Waals surface area contributed by atoms with Gasteiger partial charge in [0.2, 0.25) is 0 Å². The molecule has 0 unspecified atom stereocenters. The van der Waals surface area contributed by atoms with E-state index >= 15 is 0 Å². The largest absolute Gasteiger partial charge is 0.484 e. The molecule has 0 atom stereocenters. The average Bonchev–Trinajstić information content (AvgIpc) is 3.20. The van der Waals surface area contributed by atoms with Crippen LogP contribution in [0, 0.1) is 6.92 Å². The second-order valence-corrected chi connectivity index (χ2v) is 8.08. The van der Waals surface area contributed by atoms with E-state index in [4.69, 9.17) is 4.74 Å². The van der Waals surface area contributed by atoms with Gasteiger partial charge in [0.1, 0.15) is 5.75 Å². The van der Waals surface area contributed by atoms with Crippen molar-refractivity contribution >= 4 is 44.2 Å². The molecule has 0 radical (unpaired) electrons. The second kappa shape index (κ2) is 8.97. The predicted octanol–water partition coefficient (Wildman–Crippen LogP) is 4.90. The molecular formula is C24H21N3O3S. The van der Waals surface area contributed by atoms with Gasteiger partial charge in [-0.3, -0.25) is 14.9 Å². The molecule has 0 bridgehead atoms. The molecule has 2 amide bonds. The molecule has 3 aromatic carbocycles. The summed E-state index contributed by atoms with van der Waals surface area (Å²) >= 11 is 1.42. The summed E-state index contributed by atoms with van der Waals surface area (Å²) in [5.41, 5.74) is 3.31. The van der Waals surface area contributed by atoms with Crippen molar-refractivity contribution in [2.75, 3.05) is 23.9 Å². The fourth-order valence-electron chi connectivity index (χ4n) is 3.00. The first-order chi connectivity index (χ1) is 15.0. The standard InChI is InChI=1S/C24H21N3O3S/c1-16-7-9-17(10-8-16)23(29)27(2)18-11-13-19(14-12-18)30-15-22(28)26-24-25-20-5-3-4-6-21(20)31-24/h3-14H,15H2,1-2H3,(H,25,26,28). The van der Waals surface area contributed by atoms with Crippen LogP contribution in [0.3, 0.4) is 0 Å². The lowest BCUT2D eigenvalue weighted by molar-refractivity contribution is -0.118. The highest BCUT2D eigenvalue weighted by Crippen LogP contribution is 2.25. The topological polar surface area (TPSA) is 71.5 Å². The Kier molecular flexibility index (Phi) is 5.95. The van der Waals surface area contributed by atoms with Crippen molar-refractivity contribution in [1.82, 2.24) is 4.98 Å². The molecule has 156 valence electrons. The maximum absolute atomic E-state index is 12.6. The number of carbonyl (C=O) groups is 2. The number of hydrogen-bond donors (Lipinski definition) is 1. The number of carbonyl (C=O) groups excluding carboxylic acids is 2. The zero-order valence-corrected chi connectivity index (χ0v) is 18.0. The van der Waals surface area contributed by atoms with E-state index in [1.54, 1.807) is 36.2 Å². The Morgan fingerprint density at radius 2 is 1.71 bits per heavy atom. The number of nitrogens with zero attached hydrogens (tertiary/aromatic N) is 2. The highest BCUT2D eigenvalue weighted by molar-refractivity contribution is 7.22. The van der Waals surface area contributed by atoms with Crippen molar-refractivity contribution in [3.8, 4) is 5.75 Å². The van der Waals surface area contributed by atoms with E-state index in [9.17, 15) is 9.59 Å². The number of rotatable bonds is 6. The number of ether oxygens (including phenoxy) is 1. The van der Waals surface area contributed by atoms with Crippen LogP contribution in [0.25, 0.3) is 10.2 Å². The monoisotopic (exact) mass is 431 g/mol. The van der Waals surface area contributed by atoms with Crippen LogP contribution in [0.4, 0.5) is 10.8 Å². The Balaban J connectivity index is 1.33. The van der Waals surface area contributed by atoms with Crippen molar-refractivity contribution in [3.63, 3.8) is 0 Å². The first kappa shape index (κ1) is 20.6. The minimum Gasteiger partial charge on any atom is -0.484 e. The maximum Gasteiger partial charge on any atom is 0.264 e. The van der Waals surface area contributed by atoms with E-state index in [0.29, 0.717) is 16.4 Å². The molecule has 1 heterocycles. The average molecular weight is 432 g/mol. The van der Waals surface area contributed by atoms with Crippen molar-refractivity contribution < 1.29 is 14.3 Å². The number of fused-ring (bicyclic) bond motifs is 1. The van der Waals surface area contributed by atoms with Crippen molar-refractivity contribution in [2.45, 2.75) is 6.92 Å². The molecule has 6 nitrogen and oxygen atoms in total. The van der Waals surface area contributed by atoms with Gasteiger partial charge in [0.25, 0.3) is 11.8 Å². The summed E-state index contributed by atoms with van der Waals surface area (Å²) < 4.78 is 6.58. The van der Waals surface area contributed by atoms with E-state index in [1.807, 2.05) is 55.5 Å². The lowest BCUT2D eigenvalue weighted by Crippen LogP contribution is -2.26. The van der Waals surface area contributed by atoms with Gasteiger partial charge in [-0.15, -0.1) is 0 Å². The summed E-state index contributed by atoms with van der Waals surface area (Å²) in [7, 11) is 1.73. The summed E-state index contributed by atoms with van der Waals surface area (Å²) in [4.78, 5) is 30.8. The van der Waals surface area contributed by atoms with Crippen LogP contribution in [0.5, 0.6) is 5.75 Å². The normalized spacial score (nSPS) is 10.6. The third kappa shape index (κ3) is 4.90. The quantitative estimate of drug-likeness (QED) is 0.471. The fourth-order valence-corrected chi connectivity index (χ4v) is 3.88.